The van der Waals surface area contributed by atoms with Crippen LogP contribution in [0.4, 0.5) is 0 Å². The fourth-order valence-corrected chi connectivity index (χ4v) is 2.68. The number of ether oxygens (including phenoxy) is 4. The van der Waals surface area contributed by atoms with Gasteiger partial charge in [-0.3, -0.25) is 0 Å². The molecule has 0 spiro atoms. The van der Waals surface area contributed by atoms with E-state index in [0.717, 1.165) is 6.20 Å². The van der Waals surface area contributed by atoms with Crippen LogP contribution in [0.25, 0.3) is 0 Å². The third-order valence-corrected chi connectivity index (χ3v) is 3.75. The van der Waals surface area contributed by atoms with Crippen LogP contribution in [0.15, 0.2) is 23.0 Å². The van der Waals surface area contributed by atoms with Crippen LogP contribution in [0, 0.1) is 0 Å². The van der Waals surface area contributed by atoms with Gasteiger partial charge in [-0.15, -0.1) is 0 Å². The van der Waals surface area contributed by atoms with Crippen molar-refractivity contribution in [1.29, 1.82) is 0 Å². The quantitative estimate of drug-likeness (QED) is 0.134. The third-order valence-electron chi connectivity index (χ3n) is 3.75. The second kappa shape index (κ2) is 12.5. The number of methoxy groups -OCH3 is 3. The maximum absolute atomic E-state index is 11.4. The van der Waals surface area contributed by atoms with E-state index in [-0.39, 0.29) is 39.4 Å². The number of nitrogens with zero attached hydrogens (tertiary/aromatic N) is 1. The standard InChI is InChI=1S/C15H24N4O7.W/c1-23-7-10(24-2)12(25-3)13-11(18-4-5-20)8(19-15(16)17)6-9(26-13)14(21)22;/h4,6,8,10-13,18H,7H2,1-3H3,(H,21,22)(H4,16,17,19);. The number of hydrogen-bond acceptors (Lipinski definition) is 8. The number of carboxylic acid groups (broad SMARTS) is 1. The predicted molar refractivity (Wildman–Crippen MR) is 90.8 cm³/mol. The van der Waals surface area contributed by atoms with Gasteiger partial charge in [-0.05, 0) is 6.08 Å². The van der Waals surface area contributed by atoms with E-state index in [2.05, 4.69) is 10.3 Å². The van der Waals surface area contributed by atoms with Gasteiger partial charge in [0.25, 0.3) is 0 Å². The number of guanidine groups is 1. The van der Waals surface area contributed by atoms with Gasteiger partial charge in [0.1, 0.15) is 18.1 Å². The van der Waals surface area contributed by atoms with Crippen molar-refractivity contribution in [1.82, 2.24) is 5.32 Å². The Labute approximate surface area is 171 Å². The van der Waals surface area contributed by atoms with Crippen molar-refractivity contribution in [3.8, 4) is 0 Å². The minimum atomic E-state index is -1.30. The molecule has 0 amide bonds. The SMILES string of the molecule is COCC(OC)C(OC)C1OC(C(=O)O)=CC(N=C(N)N)C1NC=C=O.[W]. The predicted octanol–water partition coefficient (Wildman–Crippen LogP) is -2.03. The first kappa shape index (κ1) is 25.1. The van der Waals surface area contributed by atoms with Crippen LogP contribution in [-0.2, 0) is 49.6 Å². The van der Waals surface area contributed by atoms with Crippen LogP contribution in [-0.4, -0.2) is 81.3 Å². The van der Waals surface area contributed by atoms with E-state index in [1.807, 2.05) is 0 Å². The summed E-state index contributed by atoms with van der Waals surface area (Å²) in [5.74, 6) is -0.329. The van der Waals surface area contributed by atoms with Crippen molar-refractivity contribution >= 4 is 17.9 Å². The van der Waals surface area contributed by atoms with Gasteiger partial charge in [-0.25, -0.2) is 14.6 Å². The molecule has 0 aromatic carbocycles. The third kappa shape index (κ3) is 6.97. The van der Waals surface area contributed by atoms with E-state index in [1.165, 1.54) is 27.4 Å². The number of hydrogen-bond donors (Lipinski definition) is 4. The minimum absolute atomic E-state index is 0. The number of aliphatic carboxylic acids is 1. The molecule has 0 aliphatic carbocycles. The Kier molecular flexibility index (Phi) is 11.6. The summed E-state index contributed by atoms with van der Waals surface area (Å²) in [7, 11) is 4.35. The molecule has 11 nitrogen and oxygen atoms in total. The summed E-state index contributed by atoms with van der Waals surface area (Å²) in [6.07, 6.45) is -0.0286. The molecule has 1 aliphatic rings. The normalized spacial score (nSPS) is 23.4. The molecule has 27 heavy (non-hydrogen) atoms. The van der Waals surface area contributed by atoms with Crippen LogP contribution >= 0.6 is 0 Å². The maximum atomic E-state index is 11.4. The van der Waals surface area contributed by atoms with E-state index in [4.69, 9.17) is 30.4 Å². The molecule has 1 heterocycles. The molecule has 1 rings (SSSR count). The second-order valence-electron chi connectivity index (χ2n) is 5.35. The van der Waals surface area contributed by atoms with Crippen molar-refractivity contribution in [2.45, 2.75) is 30.4 Å². The molecule has 6 N–H and O–H groups in total. The molecule has 0 fully saturated rings. The van der Waals surface area contributed by atoms with Gasteiger partial charge < -0.3 is 40.8 Å². The van der Waals surface area contributed by atoms with Crippen molar-refractivity contribution in [3.63, 3.8) is 0 Å². The molecular weight excluding hydrogens is 532 g/mol. The zero-order valence-electron chi connectivity index (χ0n) is 15.2. The molecule has 5 unspecified atom stereocenters. The van der Waals surface area contributed by atoms with Gasteiger partial charge in [0.05, 0.1) is 24.9 Å². The zero-order valence-corrected chi connectivity index (χ0v) is 18.1. The number of nitrogens with one attached hydrogen (secondary N) is 1. The summed E-state index contributed by atoms with van der Waals surface area (Å²) in [5.41, 5.74) is 10.9. The number of nitrogens with two attached hydrogens (primary N) is 2. The molecule has 0 aromatic rings. The summed E-state index contributed by atoms with van der Waals surface area (Å²) >= 11 is 0. The molecule has 5 atom stereocenters. The fourth-order valence-electron chi connectivity index (χ4n) is 2.68. The molecule has 0 bridgehead atoms. The van der Waals surface area contributed by atoms with E-state index in [1.54, 1.807) is 5.94 Å². The monoisotopic (exact) mass is 556 g/mol. The topological polar surface area (TPSA) is 168 Å². The van der Waals surface area contributed by atoms with Gasteiger partial charge in [0.2, 0.25) is 5.76 Å². The number of rotatable bonds is 10. The maximum Gasteiger partial charge on any atom is 0.370 e. The van der Waals surface area contributed by atoms with Gasteiger partial charge in [-0.1, -0.05) is 0 Å². The number of aliphatic imine (C=N–C) groups is 1. The summed E-state index contributed by atoms with van der Waals surface area (Å²) in [6, 6.07) is -1.58. The van der Waals surface area contributed by atoms with Gasteiger partial charge in [0.15, 0.2) is 12.1 Å². The summed E-state index contributed by atoms with van der Waals surface area (Å²) < 4.78 is 21.5. The smallest absolute Gasteiger partial charge is 0.370 e. The molecule has 152 valence electrons. The summed E-state index contributed by atoms with van der Waals surface area (Å²) in [6.45, 7) is 0.157. The van der Waals surface area contributed by atoms with Crippen molar-refractivity contribution in [3.05, 3.63) is 18.0 Å². The molecule has 0 saturated heterocycles. The molecule has 0 saturated carbocycles. The Morgan fingerprint density at radius 1 is 1.44 bits per heavy atom. The zero-order chi connectivity index (χ0) is 19.7. The average Bonchev–Trinajstić information content (AvgIpc) is 2.59. The number of carbonyl (C=O) groups excluding carboxylic acids is 1. The average molecular weight is 556 g/mol. The van der Waals surface area contributed by atoms with Crippen LogP contribution in [0.2, 0.25) is 0 Å². The van der Waals surface area contributed by atoms with Crippen LogP contribution < -0.4 is 16.8 Å². The first-order valence-electron chi connectivity index (χ1n) is 7.60. The molecule has 0 aromatic heterocycles. The summed E-state index contributed by atoms with van der Waals surface area (Å²) in [5, 5.41) is 12.1. The second-order valence-corrected chi connectivity index (χ2v) is 5.35. The van der Waals surface area contributed by atoms with Crippen molar-refractivity contribution in [2.24, 2.45) is 16.5 Å². The largest absolute Gasteiger partial charge is 0.478 e. The van der Waals surface area contributed by atoms with E-state index in [9.17, 15) is 14.7 Å². The van der Waals surface area contributed by atoms with Gasteiger partial charge in [0, 0.05) is 42.4 Å². The fraction of sp³-hybridized carbons (Fsp3) is 0.600. The Bertz CT molecular complexity index is 591. The first-order valence-corrected chi connectivity index (χ1v) is 7.60. The Hall–Kier alpha value is -1.90. The molecule has 0 radical (unpaired) electrons. The first-order chi connectivity index (χ1) is 12.4. The Balaban J connectivity index is 0.00000676. The van der Waals surface area contributed by atoms with Gasteiger partial charge in [-0.2, -0.15) is 0 Å². The minimum Gasteiger partial charge on any atom is -0.478 e. The molecule has 1 aliphatic heterocycles. The Morgan fingerprint density at radius 3 is 2.56 bits per heavy atom. The van der Waals surface area contributed by atoms with Gasteiger partial charge >= 0.3 is 5.97 Å². The van der Waals surface area contributed by atoms with E-state index in [0.29, 0.717) is 0 Å². The number of carbonyl (C=O) groups is 1. The molecule has 12 heteroatoms. The van der Waals surface area contributed by atoms with Crippen LogP contribution in [0.1, 0.15) is 0 Å². The number of carboxylic acids is 1. The van der Waals surface area contributed by atoms with Crippen LogP contribution in [0.5, 0.6) is 0 Å². The van der Waals surface area contributed by atoms with Crippen LogP contribution in [0.3, 0.4) is 0 Å². The van der Waals surface area contributed by atoms with Crippen molar-refractivity contribution < 1.29 is 54.7 Å². The van der Waals surface area contributed by atoms with Crippen molar-refractivity contribution in [2.75, 3.05) is 27.9 Å². The van der Waals surface area contributed by atoms with E-state index >= 15 is 0 Å². The van der Waals surface area contributed by atoms with E-state index < -0.39 is 36.4 Å². The summed E-state index contributed by atoms with van der Waals surface area (Å²) in [4.78, 5) is 26.1. The molecular formula is C15H24N4O7W. The Morgan fingerprint density at radius 2 is 2.11 bits per heavy atom.